The highest BCUT2D eigenvalue weighted by molar-refractivity contribution is 9.10. The molecule has 0 unspecified atom stereocenters. The Morgan fingerprint density at radius 2 is 1.77 bits per heavy atom. The number of nitro benzene ring substituents is 1. The van der Waals surface area contributed by atoms with Crippen LogP contribution in [-0.4, -0.2) is 11.1 Å². The zero-order valence-electron chi connectivity index (χ0n) is 11.4. The fourth-order valence-electron chi connectivity index (χ4n) is 2.30. The van der Waals surface area contributed by atoms with Gasteiger partial charge in [-0.2, -0.15) is 0 Å². The molecule has 0 saturated heterocycles. The van der Waals surface area contributed by atoms with Gasteiger partial charge in [0, 0.05) is 27.7 Å². The van der Waals surface area contributed by atoms with Crippen LogP contribution in [-0.2, 0) is 0 Å². The molecular weight excluding hydrogens is 344 g/mol. The van der Waals surface area contributed by atoms with Gasteiger partial charge in [0.05, 0.1) is 16.0 Å². The summed E-state index contributed by atoms with van der Waals surface area (Å²) in [5, 5.41) is 12.7. The van der Waals surface area contributed by atoms with E-state index in [4.69, 9.17) is 0 Å². The van der Waals surface area contributed by atoms with Crippen LogP contribution < -0.4 is 0 Å². The Labute approximate surface area is 135 Å². The largest absolute Gasteiger partial charge is 0.277 e. The molecule has 0 spiro atoms. The van der Waals surface area contributed by atoms with Gasteiger partial charge >= 0.3 is 0 Å². The maximum absolute atomic E-state index is 11.3. The lowest BCUT2D eigenvalue weighted by Gasteiger charge is -2.05. The zero-order valence-corrected chi connectivity index (χ0v) is 13.0. The van der Waals surface area contributed by atoms with E-state index >= 15 is 0 Å². The van der Waals surface area contributed by atoms with E-state index < -0.39 is 0 Å². The Kier molecular flexibility index (Phi) is 3.98. The minimum Gasteiger partial charge on any atom is -0.258 e. The number of halogens is 1. The molecular formula is C17H11BrN2O2. The zero-order chi connectivity index (χ0) is 15.5. The van der Waals surface area contributed by atoms with E-state index in [1.165, 1.54) is 6.07 Å². The molecule has 5 heteroatoms. The van der Waals surface area contributed by atoms with Crippen molar-refractivity contribution in [2.24, 2.45) is 4.99 Å². The summed E-state index contributed by atoms with van der Waals surface area (Å²) in [6.45, 7) is 0. The lowest BCUT2D eigenvalue weighted by atomic mass is 10.0. The third-order valence-corrected chi connectivity index (χ3v) is 3.99. The van der Waals surface area contributed by atoms with Crippen LogP contribution in [0.1, 0.15) is 5.56 Å². The van der Waals surface area contributed by atoms with E-state index in [1.807, 2.05) is 48.5 Å². The van der Waals surface area contributed by atoms with Gasteiger partial charge in [0.2, 0.25) is 0 Å². The molecule has 0 bridgehead atoms. The van der Waals surface area contributed by atoms with Crippen molar-refractivity contribution in [3.05, 3.63) is 80.8 Å². The summed E-state index contributed by atoms with van der Waals surface area (Å²) in [7, 11) is 0. The number of nitrogens with zero attached hydrogens (tertiary/aromatic N) is 2. The number of fused-ring (bicyclic) bond motifs is 1. The van der Waals surface area contributed by atoms with E-state index in [0.29, 0.717) is 10.9 Å². The van der Waals surface area contributed by atoms with Crippen LogP contribution in [0, 0.1) is 10.1 Å². The van der Waals surface area contributed by atoms with Gasteiger partial charge in [0.25, 0.3) is 5.69 Å². The first-order chi connectivity index (χ1) is 10.7. The maximum atomic E-state index is 11.3. The molecule has 0 amide bonds. The van der Waals surface area contributed by atoms with Gasteiger partial charge in [-0.3, -0.25) is 15.1 Å². The maximum Gasteiger partial charge on any atom is 0.277 e. The number of hydrogen-bond acceptors (Lipinski definition) is 3. The average Bonchev–Trinajstić information content (AvgIpc) is 2.54. The first kappa shape index (κ1) is 14.4. The summed E-state index contributed by atoms with van der Waals surface area (Å²) in [5.74, 6) is 0. The van der Waals surface area contributed by atoms with Crippen LogP contribution in [0.3, 0.4) is 0 Å². The van der Waals surface area contributed by atoms with E-state index in [1.54, 1.807) is 12.3 Å². The monoisotopic (exact) mass is 354 g/mol. The number of benzene rings is 3. The second-order valence-corrected chi connectivity index (χ2v) is 5.54. The molecule has 4 nitrogen and oxygen atoms in total. The van der Waals surface area contributed by atoms with Crippen LogP contribution in [0.25, 0.3) is 10.8 Å². The number of aliphatic imine (C=N–C) groups is 1. The Hall–Kier alpha value is -2.53. The smallest absolute Gasteiger partial charge is 0.258 e. The van der Waals surface area contributed by atoms with Crippen molar-refractivity contribution in [1.82, 2.24) is 0 Å². The minimum atomic E-state index is -0.366. The first-order valence-electron chi connectivity index (χ1n) is 6.61. The van der Waals surface area contributed by atoms with E-state index in [9.17, 15) is 10.1 Å². The lowest BCUT2D eigenvalue weighted by molar-refractivity contribution is -0.383. The third-order valence-electron chi connectivity index (χ3n) is 3.30. The van der Waals surface area contributed by atoms with Crippen LogP contribution in [0.4, 0.5) is 11.4 Å². The summed E-state index contributed by atoms with van der Waals surface area (Å²) in [5.41, 5.74) is 1.60. The quantitative estimate of drug-likeness (QED) is 0.365. The van der Waals surface area contributed by atoms with Crippen molar-refractivity contribution in [3.63, 3.8) is 0 Å². The number of rotatable bonds is 3. The highest BCUT2D eigenvalue weighted by atomic mass is 79.9. The summed E-state index contributed by atoms with van der Waals surface area (Å²) < 4.78 is 0.822. The molecule has 0 saturated carbocycles. The van der Waals surface area contributed by atoms with Gasteiger partial charge in [0.1, 0.15) is 0 Å². The van der Waals surface area contributed by atoms with Crippen molar-refractivity contribution in [3.8, 4) is 0 Å². The van der Waals surface area contributed by atoms with Crippen molar-refractivity contribution in [2.45, 2.75) is 0 Å². The second kappa shape index (κ2) is 6.07. The van der Waals surface area contributed by atoms with Gasteiger partial charge in [-0.05, 0) is 18.2 Å². The first-order valence-corrected chi connectivity index (χ1v) is 7.41. The molecule has 0 fully saturated rings. The molecule has 0 atom stereocenters. The van der Waals surface area contributed by atoms with Gasteiger partial charge < -0.3 is 0 Å². The number of nitro groups is 1. The second-order valence-electron chi connectivity index (χ2n) is 4.69. The average molecular weight is 355 g/mol. The Morgan fingerprint density at radius 3 is 2.50 bits per heavy atom. The molecule has 3 aromatic carbocycles. The molecule has 22 heavy (non-hydrogen) atoms. The van der Waals surface area contributed by atoms with Gasteiger partial charge in [0.15, 0.2) is 0 Å². The molecule has 3 aromatic rings. The topological polar surface area (TPSA) is 55.5 Å². The lowest BCUT2D eigenvalue weighted by Crippen LogP contribution is -1.93. The Morgan fingerprint density at radius 1 is 1.00 bits per heavy atom. The van der Waals surface area contributed by atoms with E-state index in [-0.39, 0.29) is 10.6 Å². The van der Waals surface area contributed by atoms with Gasteiger partial charge in [-0.25, -0.2) is 0 Å². The summed E-state index contributed by atoms with van der Waals surface area (Å²) in [6, 6.07) is 18.2. The number of non-ortho nitro benzene ring substituents is 1. The highest BCUT2D eigenvalue weighted by Crippen LogP contribution is 2.33. The Bertz CT molecular complexity index is 876. The summed E-state index contributed by atoms with van der Waals surface area (Å²) in [4.78, 5) is 15.3. The molecule has 3 rings (SSSR count). The van der Waals surface area contributed by atoms with Crippen molar-refractivity contribution in [2.75, 3.05) is 0 Å². The third kappa shape index (κ3) is 2.76. The molecule has 0 aliphatic rings. The van der Waals surface area contributed by atoms with Crippen molar-refractivity contribution in [1.29, 1.82) is 0 Å². The predicted molar refractivity (Wildman–Crippen MR) is 92.0 cm³/mol. The molecule has 0 aromatic heterocycles. The fourth-order valence-corrected chi connectivity index (χ4v) is 2.76. The standard InChI is InChI=1S/C17H11BrN2O2/c18-15-9-10-16(20(21)22)17-12(5-4-8-14(15)17)11-19-13-6-2-1-3-7-13/h1-11H. The molecule has 108 valence electrons. The number of hydrogen-bond donors (Lipinski definition) is 0. The normalized spacial score (nSPS) is 11.1. The van der Waals surface area contributed by atoms with E-state index in [0.717, 1.165) is 15.5 Å². The van der Waals surface area contributed by atoms with Gasteiger partial charge in [-0.15, -0.1) is 0 Å². The van der Waals surface area contributed by atoms with Gasteiger partial charge in [-0.1, -0.05) is 52.3 Å². The van der Waals surface area contributed by atoms with Crippen molar-refractivity contribution < 1.29 is 4.92 Å². The SMILES string of the molecule is O=[N+]([O-])c1ccc(Br)c2cccc(C=Nc3ccccc3)c12. The summed E-state index contributed by atoms with van der Waals surface area (Å²) >= 11 is 3.44. The molecule has 0 heterocycles. The van der Waals surface area contributed by atoms with Crippen molar-refractivity contribution >= 4 is 44.3 Å². The molecule has 0 N–H and O–H groups in total. The Balaban J connectivity index is 2.20. The molecule has 0 aliphatic carbocycles. The van der Waals surface area contributed by atoms with Crippen LogP contribution in [0.5, 0.6) is 0 Å². The predicted octanol–water partition coefficient (Wildman–Crippen LogP) is 5.26. The van der Waals surface area contributed by atoms with Crippen LogP contribution >= 0.6 is 15.9 Å². The van der Waals surface area contributed by atoms with Crippen LogP contribution in [0.15, 0.2) is 70.1 Å². The highest BCUT2D eigenvalue weighted by Gasteiger charge is 2.16. The fraction of sp³-hybridized carbons (Fsp3) is 0. The minimum absolute atomic E-state index is 0.0771. The van der Waals surface area contributed by atoms with E-state index in [2.05, 4.69) is 20.9 Å². The molecule has 0 aliphatic heterocycles. The number of para-hydroxylation sites is 1. The summed E-state index contributed by atoms with van der Waals surface area (Å²) in [6.07, 6.45) is 1.66. The molecule has 0 radical (unpaired) electrons. The van der Waals surface area contributed by atoms with Crippen LogP contribution in [0.2, 0.25) is 0 Å².